The average molecular weight is 965 g/mol. The Morgan fingerprint density at radius 3 is 1.78 bits per heavy atom. The first-order valence-corrected chi connectivity index (χ1v) is 22.5. The minimum absolute atomic E-state index is 0.0476. The third-order valence-corrected chi connectivity index (χ3v) is 11.6. The van der Waals surface area contributed by atoms with Gasteiger partial charge < -0.3 is 83.5 Å². The summed E-state index contributed by atoms with van der Waals surface area (Å²) >= 11 is 0. The highest BCUT2D eigenvalue weighted by atomic mass is 16.7. The molecule has 22 nitrogen and oxygen atoms in total. The third-order valence-electron chi connectivity index (χ3n) is 11.6. The van der Waals surface area contributed by atoms with Gasteiger partial charge in [0, 0.05) is 55.8 Å². The molecule has 68 heavy (non-hydrogen) atoms. The number of hydrogen-bond donors (Lipinski definition) is 7. The van der Waals surface area contributed by atoms with Crippen LogP contribution in [0.15, 0.2) is 18.2 Å². The van der Waals surface area contributed by atoms with E-state index in [1.807, 2.05) is 0 Å². The Balaban J connectivity index is 1.01. The molecule has 1 saturated heterocycles. The number of phenolic OH excluding ortho intramolecular Hbond substituents is 2. The van der Waals surface area contributed by atoms with Crippen molar-refractivity contribution in [1.82, 2.24) is 10.6 Å². The highest BCUT2D eigenvalue weighted by Gasteiger charge is 2.50. The molecule has 0 spiro atoms. The standard InChI is InChI=1S/C46H64N2O20/c1-27-41(53)30(48-35(52)8-10-61-12-14-63-16-18-65-20-22-66-21-19-64-17-15-62-13-11-60-9-7-34(51)47-2)23-36(67-27)68-32-25-46(58,33(50)26-49)24-29-38(32)45(57)40-39(43(29)55)42(54)28-5-4-6-31(59-3)37(28)44(40)56/h4-6,27,30,32,36,41,49,53,55,57-58H,7-26H2,1-3H3,(H,47,51)(H,48,52)/t27?,30?,32-,36?,41?,46-/m0/s1. The second-order valence-corrected chi connectivity index (χ2v) is 16.1. The molecule has 5 rings (SSSR count). The predicted octanol–water partition coefficient (Wildman–Crippen LogP) is -0.199. The zero-order valence-electron chi connectivity index (χ0n) is 38.6. The van der Waals surface area contributed by atoms with E-state index in [2.05, 4.69) is 10.6 Å². The summed E-state index contributed by atoms with van der Waals surface area (Å²) in [5.74, 6) is -4.61. The van der Waals surface area contributed by atoms with Gasteiger partial charge in [0.15, 0.2) is 17.9 Å². The fourth-order valence-electron chi connectivity index (χ4n) is 8.01. The number of amides is 2. The average Bonchev–Trinajstić information content (AvgIpc) is 3.32. The Morgan fingerprint density at radius 1 is 0.750 bits per heavy atom. The molecule has 2 aromatic carbocycles. The molecule has 0 bridgehead atoms. The maximum Gasteiger partial charge on any atom is 0.222 e. The van der Waals surface area contributed by atoms with Crippen molar-refractivity contribution in [2.45, 2.75) is 75.3 Å². The number of fused-ring (bicyclic) bond motifs is 3. The van der Waals surface area contributed by atoms with Gasteiger partial charge in [0.25, 0.3) is 0 Å². The Bertz CT molecular complexity index is 2030. The van der Waals surface area contributed by atoms with Crippen LogP contribution in [0.25, 0.3) is 0 Å². The summed E-state index contributed by atoms with van der Waals surface area (Å²) in [5, 5.41) is 61.0. The molecule has 6 atom stereocenters. The van der Waals surface area contributed by atoms with Crippen LogP contribution in [0.5, 0.6) is 17.2 Å². The molecule has 3 aliphatic rings. The first-order chi connectivity index (χ1) is 32.8. The molecule has 4 unspecified atom stereocenters. The summed E-state index contributed by atoms with van der Waals surface area (Å²) in [6, 6.07) is 3.40. The minimum Gasteiger partial charge on any atom is -0.507 e. The van der Waals surface area contributed by atoms with Gasteiger partial charge in [-0.3, -0.25) is 24.0 Å². The second-order valence-electron chi connectivity index (χ2n) is 16.1. The van der Waals surface area contributed by atoms with E-state index in [1.165, 1.54) is 32.2 Å². The lowest BCUT2D eigenvalue weighted by atomic mass is 9.72. The summed E-state index contributed by atoms with van der Waals surface area (Å²) < 4.78 is 55.6. The molecule has 2 amide bonds. The van der Waals surface area contributed by atoms with Gasteiger partial charge in [-0.1, -0.05) is 12.1 Å². The number of phenols is 2. The van der Waals surface area contributed by atoms with Crippen molar-refractivity contribution in [3.05, 3.63) is 51.6 Å². The second kappa shape index (κ2) is 26.9. The molecule has 1 heterocycles. The van der Waals surface area contributed by atoms with Crippen LogP contribution in [0, 0.1) is 0 Å². The topological polar surface area (TPSA) is 303 Å². The molecule has 2 aliphatic carbocycles. The van der Waals surface area contributed by atoms with Crippen molar-refractivity contribution in [3.8, 4) is 17.2 Å². The number of hydrogen-bond acceptors (Lipinski definition) is 20. The van der Waals surface area contributed by atoms with Crippen LogP contribution >= 0.6 is 0 Å². The molecule has 2 aromatic rings. The van der Waals surface area contributed by atoms with Crippen molar-refractivity contribution in [3.63, 3.8) is 0 Å². The lowest BCUT2D eigenvalue weighted by Crippen LogP contribution is -2.56. The van der Waals surface area contributed by atoms with Crippen molar-refractivity contribution < 1.29 is 96.9 Å². The number of ether oxygens (including phenoxy) is 10. The first-order valence-electron chi connectivity index (χ1n) is 22.5. The maximum atomic E-state index is 14.0. The summed E-state index contributed by atoms with van der Waals surface area (Å²) in [7, 11) is 2.88. The number of carbonyl (C=O) groups excluding carboxylic acids is 5. The van der Waals surface area contributed by atoms with Crippen LogP contribution < -0.4 is 15.4 Å². The normalized spacial score (nSPS) is 22.0. The largest absolute Gasteiger partial charge is 0.507 e. The van der Waals surface area contributed by atoms with Gasteiger partial charge in [-0.25, -0.2) is 0 Å². The Hall–Kier alpha value is -4.69. The number of aliphatic hydroxyl groups excluding tert-OH is 2. The smallest absolute Gasteiger partial charge is 0.222 e. The van der Waals surface area contributed by atoms with Gasteiger partial charge in [0.05, 0.1) is 135 Å². The molecule has 1 aliphatic heterocycles. The SMILES string of the molecule is CNC(=O)CCOCCOCCOCCOCCOCCOCCOCCC(=O)NC1CC(O[C@H]2C[C@](O)(C(=O)CO)Cc3c(O)c4c(c(O)c32)C(=O)c2c(OC)cccc2C4=O)OC(C)C1O. The molecule has 0 radical (unpaired) electrons. The van der Waals surface area contributed by atoms with E-state index in [4.69, 9.17) is 47.4 Å². The Kier molecular flexibility index (Phi) is 21.5. The summed E-state index contributed by atoms with van der Waals surface area (Å²) in [6.07, 6.45) is -5.92. The summed E-state index contributed by atoms with van der Waals surface area (Å²) in [5.41, 5.74) is -4.07. The molecular weight excluding hydrogens is 900 g/mol. The molecule has 0 aromatic heterocycles. The van der Waals surface area contributed by atoms with E-state index in [-0.39, 0.29) is 66.6 Å². The molecular formula is C46H64N2O20. The van der Waals surface area contributed by atoms with Gasteiger partial charge in [0.2, 0.25) is 17.6 Å². The minimum atomic E-state index is -2.35. The van der Waals surface area contributed by atoms with Crippen LogP contribution in [0.4, 0.5) is 0 Å². The molecule has 378 valence electrons. The monoisotopic (exact) mass is 964 g/mol. The molecule has 0 saturated carbocycles. The quantitative estimate of drug-likeness (QED) is 0.0336. The number of nitrogens with one attached hydrogen (secondary N) is 2. The third kappa shape index (κ3) is 14.2. The van der Waals surface area contributed by atoms with Crippen LogP contribution in [0.2, 0.25) is 0 Å². The lowest BCUT2D eigenvalue weighted by Gasteiger charge is -2.43. The van der Waals surface area contributed by atoms with E-state index in [0.717, 1.165) is 0 Å². The number of methoxy groups -OCH3 is 1. The van der Waals surface area contributed by atoms with Crippen LogP contribution in [0.3, 0.4) is 0 Å². The maximum absolute atomic E-state index is 14.0. The molecule has 22 heteroatoms. The molecule has 1 fully saturated rings. The Labute approximate surface area is 393 Å². The number of Topliss-reactive ketones (excluding diaryl/α,β-unsaturated/α-hetero) is 1. The Morgan fingerprint density at radius 2 is 1.26 bits per heavy atom. The summed E-state index contributed by atoms with van der Waals surface area (Å²) in [6.45, 7) is 5.23. The zero-order valence-corrected chi connectivity index (χ0v) is 38.6. The van der Waals surface area contributed by atoms with E-state index < -0.39 is 102 Å². The van der Waals surface area contributed by atoms with Crippen molar-refractivity contribution >= 4 is 29.2 Å². The van der Waals surface area contributed by atoms with Gasteiger partial charge in [-0.05, 0) is 13.0 Å². The fraction of sp³-hybridized carbons (Fsp3) is 0.630. The number of aliphatic hydroxyl groups is 3. The van der Waals surface area contributed by atoms with Crippen LogP contribution in [-0.2, 0) is 63.4 Å². The number of ketones is 3. The highest BCUT2D eigenvalue weighted by molar-refractivity contribution is 6.31. The van der Waals surface area contributed by atoms with Crippen molar-refractivity contribution in [1.29, 1.82) is 0 Å². The van der Waals surface area contributed by atoms with E-state index >= 15 is 0 Å². The van der Waals surface area contributed by atoms with Crippen LogP contribution in [0.1, 0.15) is 81.7 Å². The fourth-order valence-corrected chi connectivity index (χ4v) is 8.01. The predicted molar refractivity (Wildman–Crippen MR) is 235 cm³/mol. The number of rotatable bonds is 30. The van der Waals surface area contributed by atoms with Crippen LogP contribution in [-0.4, -0.2) is 198 Å². The van der Waals surface area contributed by atoms with E-state index in [1.54, 1.807) is 7.05 Å². The van der Waals surface area contributed by atoms with Gasteiger partial charge >= 0.3 is 0 Å². The van der Waals surface area contributed by atoms with Crippen molar-refractivity contribution in [2.24, 2.45) is 0 Å². The van der Waals surface area contributed by atoms with Gasteiger partial charge in [-0.2, -0.15) is 0 Å². The van der Waals surface area contributed by atoms with E-state index in [0.29, 0.717) is 79.1 Å². The number of aromatic hydroxyl groups is 2. The first kappa shape index (κ1) is 54.3. The van der Waals surface area contributed by atoms with Gasteiger partial charge in [0.1, 0.15) is 35.6 Å². The molecule has 7 N–H and O–H groups in total. The van der Waals surface area contributed by atoms with Crippen molar-refractivity contribution in [2.75, 3.05) is 113 Å². The van der Waals surface area contributed by atoms with Gasteiger partial charge in [-0.15, -0.1) is 0 Å². The lowest BCUT2D eigenvalue weighted by molar-refractivity contribution is -0.249. The van der Waals surface area contributed by atoms with E-state index in [9.17, 15) is 49.5 Å². The zero-order chi connectivity index (χ0) is 49.2. The highest BCUT2D eigenvalue weighted by Crippen LogP contribution is 2.52. The number of carbonyl (C=O) groups is 5. The summed E-state index contributed by atoms with van der Waals surface area (Å²) in [4.78, 5) is 64.8. The number of benzene rings is 2.